The van der Waals surface area contributed by atoms with Crippen molar-refractivity contribution in [2.24, 2.45) is 17.8 Å². The number of carbonyl (C=O) groups is 1. The molecule has 0 aromatic carbocycles. The van der Waals surface area contributed by atoms with Crippen molar-refractivity contribution in [3.05, 3.63) is 15.0 Å². The predicted octanol–water partition coefficient (Wildman–Crippen LogP) is 3.52. The van der Waals surface area contributed by atoms with E-state index in [1.807, 2.05) is 0 Å². The van der Waals surface area contributed by atoms with Gasteiger partial charge in [0.2, 0.25) is 0 Å². The molecular weight excluding hydrogens is 424 g/mol. The molecule has 2 bridgehead atoms. The number of alkyl halides is 3. The Morgan fingerprint density at radius 2 is 2.09 bits per heavy atom. The van der Waals surface area contributed by atoms with Crippen molar-refractivity contribution < 1.29 is 22.7 Å². The molecule has 1 heterocycles. The Labute approximate surface area is 144 Å². The van der Waals surface area contributed by atoms with E-state index >= 15 is 0 Å². The van der Waals surface area contributed by atoms with Crippen LogP contribution in [0.4, 0.5) is 13.2 Å². The molecule has 4 aliphatic carbocycles. The fraction of sp³-hybridized carbons (Fsp3) is 0.733. The van der Waals surface area contributed by atoms with E-state index in [9.17, 15) is 18.0 Å². The van der Waals surface area contributed by atoms with E-state index in [4.69, 9.17) is 4.74 Å². The Morgan fingerprint density at radius 1 is 1.43 bits per heavy atom. The van der Waals surface area contributed by atoms with Crippen molar-refractivity contribution >= 4 is 28.6 Å². The van der Waals surface area contributed by atoms with Crippen LogP contribution < -0.4 is 0 Å². The van der Waals surface area contributed by atoms with Gasteiger partial charge in [0, 0.05) is 12.0 Å². The Hall–Kier alpha value is -0.800. The third-order valence-corrected chi connectivity index (χ3v) is 6.59. The van der Waals surface area contributed by atoms with Crippen LogP contribution in [0.3, 0.4) is 0 Å². The van der Waals surface area contributed by atoms with Crippen molar-refractivity contribution in [2.75, 3.05) is 7.11 Å². The summed E-state index contributed by atoms with van der Waals surface area (Å²) in [4.78, 5) is 12.1. The topological polar surface area (TPSA) is 44.1 Å². The fourth-order valence-electron chi connectivity index (χ4n) is 4.04. The van der Waals surface area contributed by atoms with E-state index in [-0.39, 0.29) is 18.4 Å². The van der Waals surface area contributed by atoms with Crippen LogP contribution in [0.15, 0.2) is 0 Å². The second-order valence-corrected chi connectivity index (χ2v) is 8.17. The Bertz CT molecular complexity index is 668. The summed E-state index contributed by atoms with van der Waals surface area (Å²) < 4.78 is 45.2. The second-order valence-electron chi connectivity index (χ2n) is 7.09. The molecule has 0 aliphatic heterocycles. The van der Waals surface area contributed by atoms with Crippen LogP contribution in [-0.4, -0.2) is 29.0 Å². The summed E-state index contributed by atoms with van der Waals surface area (Å²) in [6.45, 7) is 0.129. The van der Waals surface area contributed by atoms with Gasteiger partial charge in [-0.3, -0.25) is 4.68 Å². The standard InChI is InChI=1S/C15H16F3IN2O2/c1-23-13(22)11-10(19)12(14-3-7(4-14)5-14)20-21(11)6-8-2-9(8)15(16,17)18/h7-9H,2-6H2,1H3/t7?,8-,9+,14?/m0/s1. The molecule has 23 heavy (non-hydrogen) atoms. The number of rotatable bonds is 4. The van der Waals surface area contributed by atoms with Crippen molar-refractivity contribution in [3.63, 3.8) is 0 Å². The van der Waals surface area contributed by atoms with Gasteiger partial charge in [-0.2, -0.15) is 18.3 Å². The number of methoxy groups -OCH3 is 1. The molecule has 4 fully saturated rings. The third-order valence-electron chi connectivity index (χ3n) is 5.56. The van der Waals surface area contributed by atoms with Gasteiger partial charge in [-0.15, -0.1) is 0 Å². The maximum atomic E-state index is 12.7. The van der Waals surface area contributed by atoms with E-state index < -0.39 is 24.0 Å². The van der Waals surface area contributed by atoms with Gasteiger partial charge >= 0.3 is 12.1 Å². The lowest BCUT2D eigenvalue weighted by Crippen LogP contribution is -2.55. The summed E-state index contributed by atoms with van der Waals surface area (Å²) in [5.41, 5.74) is 1.24. The monoisotopic (exact) mass is 440 g/mol. The van der Waals surface area contributed by atoms with Gasteiger partial charge in [0.05, 0.1) is 22.3 Å². The minimum Gasteiger partial charge on any atom is -0.464 e. The molecule has 0 amide bonds. The van der Waals surface area contributed by atoms with E-state index in [1.165, 1.54) is 11.8 Å². The molecule has 4 aliphatic rings. The first-order chi connectivity index (χ1) is 10.7. The summed E-state index contributed by atoms with van der Waals surface area (Å²) >= 11 is 2.09. The lowest BCUT2D eigenvalue weighted by atomic mass is 9.43. The summed E-state index contributed by atoms with van der Waals surface area (Å²) in [6, 6.07) is 0. The maximum absolute atomic E-state index is 12.7. The molecular formula is C15H16F3IN2O2. The van der Waals surface area contributed by atoms with E-state index in [1.54, 1.807) is 0 Å². The Balaban J connectivity index is 1.63. The van der Waals surface area contributed by atoms with Crippen molar-refractivity contribution in [2.45, 2.75) is 43.8 Å². The molecule has 5 rings (SSSR count). The first-order valence-corrected chi connectivity index (χ1v) is 8.75. The van der Waals surface area contributed by atoms with Crippen LogP contribution in [0.1, 0.15) is 41.9 Å². The highest BCUT2D eigenvalue weighted by Gasteiger charge is 2.60. The Kier molecular flexibility index (Phi) is 3.32. The van der Waals surface area contributed by atoms with Crippen LogP contribution in [0.2, 0.25) is 0 Å². The number of nitrogens with zero attached hydrogens (tertiary/aromatic N) is 2. The van der Waals surface area contributed by atoms with Crippen LogP contribution in [0, 0.1) is 21.3 Å². The summed E-state index contributed by atoms with van der Waals surface area (Å²) in [5, 5.41) is 4.55. The number of hydrogen-bond donors (Lipinski definition) is 0. The first-order valence-electron chi connectivity index (χ1n) is 7.67. The average molecular weight is 440 g/mol. The molecule has 0 N–H and O–H groups in total. The van der Waals surface area contributed by atoms with Gasteiger partial charge in [-0.05, 0) is 60.1 Å². The predicted molar refractivity (Wildman–Crippen MR) is 83.0 cm³/mol. The van der Waals surface area contributed by atoms with Crippen molar-refractivity contribution in [1.82, 2.24) is 9.78 Å². The third kappa shape index (κ3) is 2.31. The van der Waals surface area contributed by atoms with Crippen molar-refractivity contribution in [1.29, 1.82) is 0 Å². The van der Waals surface area contributed by atoms with Crippen LogP contribution in [0.5, 0.6) is 0 Å². The minimum absolute atomic E-state index is 0.0577. The molecule has 0 radical (unpaired) electrons. The molecule has 1 aromatic heterocycles. The van der Waals surface area contributed by atoms with Gasteiger partial charge in [0.25, 0.3) is 0 Å². The van der Waals surface area contributed by atoms with Gasteiger partial charge in [-0.1, -0.05) is 0 Å². The normalized spacial score (nSPS) is 34.6. The quantitative estimate of drug-likeness (QED) is 0.532. The maximum Gasteiger partial charge on any atom is 0.392 e. The molecule has 1 aromatic rings. The van der Waals surface area contributed by atoms with Gasteiger partial charge in [0.1, 0.15) is 0 Å². The van der Waals surface area contributed by atoms with E-state index in [0.29, 0.717) is 5.69 Å². The van der Waals surface area contributed by atoms with E-state index in [0.717, 1.165) is 34.4 Å². The molecule has 8 heteroatoms. The number of halogens is 4. The van der Waals surface area contributed by atoms with Gasteiger partial charge in [-0.25, -0.2) is 4.79 Å². The smallest absolute Gasteiger partial charge is 0.392 e. The van der Waals surface area contributed by atoms with E-state index in [2.05, 4.69) is 27.7 Å². The van der Waals surface area contributed by atoms with Crippen LogP contribution in [-0.2, 0) is 16.7 Å². The van der Waals surface area contributed by atoms with Crippen molar-refractivity contribution in [3.8, 4) is 0 Å². The summed E-state index contributed by atoms with van der Waals surface area (Å²) in [6.07, 6.45) is -0.810. The summed E-state index contributed by atoms with van der Waals surface area (Å²) in [7, 11) is 1.28. The molecule has 4 saturated carbocycles. The molecule has 0 saturated heterocycles. The number of esters is 1. The highest BCUT2D eigenvalue weighted by atomic mass is 127. The lowest BCUT2D eigenvalue weighted by molar-refractivity contribution is -0.151. The highest BCUT2D eigenvalue weighted by molar-refractivity contribution is 14.1. The number of aromatic nitrogens is 2. The Morgan fingerprint density at radius 3 is 2.52 bits per heavy atom. The number of carbonyl (C=O) groups excluding carboxylic acids is 1. The highest BCUT2D eigenvalue weighted by Crippen LogP contribution is 2.65. The molecule has 0 unspecified atom stereocenters. The molecule has 0 spiro atoms. The number of ether oxygens (including phenoxy) is 1. The zero-order valence-corrected chi connectivity index (χ0v) is 14.6. The van der Waals surface area contributed by atoms with Crippen LogP contribution in [0.25, 0.3) is 0 Å². The van der Waals surface area contributed by atoms with Crippen LogP contribution >= 0.6 is 22.6 Å². The number of hydrogen-bond acceptors (Lipinski definition) is 3. The lowest BCUT2D eigenvalue weighted by Gasteiger charge is -2.61. The molecule has 126 valence electrons. The first kappa shape index (κ1) is 15.7. The zero-order valence-electron chi connectivity index (χ0n) is 12.5. The largest absolute Gasteiger partial charge is 0.464 e. The van der Waals surface area contributed by atoms with Gasteiger partial charge < -0.3 is 4.74 Å². The molecule has 4 nitrogen and oxygen atoms in total. The van der Waals surface area contributed by atoms with Gasteiger partial charge in [0.15, 0.2) is 5.69 Å². The fourth-order valence-corrected chi connectivity index (χ4v) is 5.22. The molecule has 2 atom stereocenters. The zero-order chi connectivity index (χ0) is 16.6. The summed E-state index contributed by atoms with van der Waals surface area (Å²) in [5.74, 6) is -1.53. The SMILES string of the molecule is COC(=O)c1c(I)c(C23CC(C2)C3)nn1C[C@@H]1C[C@H]1C(F)(F)F. The second kappa shape index (κ2) is 4.86. The average Bonchev–Trinajstić information content (AvgIpc) is 3.06. The minimum atomic E-state index is -4.16.